The van der Waals surface area contributed by atoms with Gasteiger partial charge in [-0.2, -0.15) is 0 Å². The molecule has 0 saturated heterocycles. The van der Waals surface area contributed by atoms with Crippen LogP contribution in [0, 0.1) is 0 Å². The first kappa shape index (κ1) is 10.6. The fourth-order valence-corrected chi connectivity index (χ4v) is 2.68. The third kappa shape index (κ3) is 1.70. The van der Waals surface area contributed by atoms with E-state index >= 15 is 0 Å². The first-order valence-electron chi connectivity index (χ1n) is 6.53. The number of nitrogens with two attached hydrogens (primary N) is 1. The molecule has 0 radical (unpaired) electrons. The average Bonchev–Trinajstić information content (AvgIpc) is 3.12. The van der Waals surface area contributed by atoms with Gasteiger partial charge in [-0.25, -0.2) is 4.98 Å². The van der Waals surface area contributed by atoms with Gasteiger partial charge in [-0.05, 0) is 30.0 Å². The lowest BCUT2D eigenvalue weighted by molar-refractivity contribution is 0.529. The van der Waals surface area contributed by atoms with Crippen LogP contribution in [0.5, 0.6) is 0 Å². The summed E-state index contributed by atoms with van der Waals surface area (Å²) in [6, 6.07) is 16.2. The molecule has 19 heavy (non-hydrogen) atoms. The molecular weight excluding hydrogens is 236 g/mol. The van der Waals surface area contributed by atoms with Gasteiger partial charge in [-0.3, -0.25) is 0 Å². The maximum Gasteiger partial charge on any atom is 0.199 e. The fourth-order valence-electron chi connectivity index (χ4n) is 2.68. The number of benzene rings is 2. The van der Waals surface area contributed by atoms with Crippen LogP contribution >= 0.6 is 0 Å². The van der Waals surface area contributed by atoms with E-state index in [0.29, 0.717) is 17.5 Å². The second-order valence-electron chi connectivity index (χ2n) is 5.11. The highest BCUT2D eigenvalue weighted by Gasteiger charge is 2.43. The number of rotatable bonds is 2. The van der Waals surface area contributed by atoms with Crippen molar-refractivity contribution in [3.05, 3.63) is 60.0 Å². The standard InChI is InChI=1S/C16H14N2O/c17-13-7-4-8-14-15(13)18-16(19-14)12-9-11(12)10-5-2-1-3-6-10/h1-8,11-12H,9,17H2. The number of fused-ring (bicyclic) bond motifs is 1. The van der Waals surface area contributed by atoms with Crippen LogP contribution in [0.3, 0.4) is 0 Å². The van der Waals surface area contributed by atoms with Crippen LogP contribution in [0.15, 0.2) is 52.9 Å². The minimum atomic E-state index is 0.397. The van der Waals surface area contributed by atoms with Gasteiger partial charge < -0.3 is 10.2 Å². The Balaban J connectivity index is 1.68. The molecule has 1 aliphatic rings. The summed E-state index contributed by atoms with van der Waals surface area (Å²) in [5, 5.41) is 0. The van der Waals surface area contributed by atoms with E-state index in [-0.39, 0.29) is 0 Å². The summed E-state index contributed by atoms with van der Waals surface area (Å²) in [7, 11) is 0. The minimum Gasteiger partial charge on any atom is -0.440 e. The largest absolute Gasteiger partial charge is 0.440 e. The van der Waals surface area contributed by atoms with E-state index in [0.717, 1.165) is 23.4 Å². The van der Waals surface area contributed by atoms with Gasteiger partial charge in [-0.1, -0.05) is 36.4 Å². The van der Waals surface area contributed by atoms with Gasteiger partial charge in [0.15, 0.2) is 11.5 Å². The van der Waals surface area contributed by atoms with Crippen LogP contribution < -0.4 is 5.73 Å². The SMILES string of the molecule is Nc1cccc2oc(C3CC3c3ccccc3)nc12. The Morgan fingerprint density at radius 2 is 1.84 bits per heavy atom. The van der Waals surface area contributed by atoms with E-state index in [2.05, 4.69) is 29.2 Å². The molecule has 0 amide bonds. The lowest BCUT2D eigenvalue weighted by Crippen LogP contribution is -1.86. The highest BCUT2D eigenvalue weighted by Crippen LogP contribution is 2.54. The van der Waals surface area contributed by atoms with E-state index in [1.54, 1.807) is 0 Å². The van der Waals surface area contributed by atoms with Crippen LogP contribution in [0.1, 0.15) is 29.7 Å². The zero-order chi connectivity index (χ0) is 12.8. The van der Waals surface area contributed by atoms with Crippen LogP contribution in [-0.2, 0) is 0 Å². The molecule has 2 unspecified atom stereocenters. The maximum absolute atomic E-state index is 5.91. The van der Waals surface area contributed by atoms with Crippen LogP contribution in [0.4, 0.5) is 5.69 Å². The summed E-state index contributed by atoms with van der Waals surface area (Å²) in [4.78, 5) is 4.56. The molecule has 1 aliphatic carbocycles. The number of para-hydroxylation sites is 1. The Hall–Kier alpha value is -2.29. The first-order chi connectivity index (χ1) is 9.33. The summed E-state index contributed by atoms with van der Waals surface area (Å²) in [5.74, 6) is 1.76. The topological polar surface area (TPSA) is 52.0 Å². The molecule has 94 valence electrons. The van der Waals surface area contributed by atoms with Gasteiger partial charge >= 0.3 is 0 Å². The van der Waals surface area contributed by atoms with Gasteiger partial charge in [0.25, 0.3) is 0 Å². The second kappa shape index (κ2) is 3.85. The second-order valence-corrected chi connectivity index (χ2v) is 5.11. The van der Waals surface area contributed by atoms with Crippen molar-refractivity contribution in [1.82, 2.24) is 4.98 Å². The summed E-state index contributed by atoms with van der Waals surface area (Å²) >= 11 is 0. The Morgan fingerprint density at radius 1 is 1.00 bits per heavy atom. The number of hydrogen-bond donors (Lipinski definition) is 1. The van der Waals surface area contributed by atoms with Crippen molar-refractivity contribution < 1.29 is 4.42 Å². The van der Waals surface area contributed by atoms with E-state index in [1.807, 2.05) is 24.3 Å². The molecule has 1 saturated carbocycles. The first-order valence-corrected chi connectivity index (χ1v) is 6.53. The van der Waals surface area contributed by atoms with Crippen molar-refractivity contribution >= 4 is 16.8 Å². The van der Waals surface area contributed by atoms with Crippen molar-refractivity contribution in [2.24, 2.45) is 0 Å². The average molecular weight is 250 g/mol. The van der Waals surface area contributed by atoms with Gasteiger partial charge in [0.2, 0.25) is 0 Å². The van der Waals surface area contributed by atoms with Crippen LogP contribution in [0.25, 0.3) is 11.1 Å². The Labute approximate surface area is 111 Å². The van der Waals surface area contributed by atoms with Crippen LogP contribution in [-0.4, -0.2) is 4.98 Å². The molecule has 1 aromatic heterocycles. The molecular formula is C16H14N2O. The highest BCUT2D eigenvalue weighted by atomic mass is 16.3. The van der Waals surface area contributed by atoms with E-state index < -0.39 is 0 Å². The van der Waals surface area contributed by atoms with Crippen LogP contribution in [0.2, 0.25) is 0 Å². The molecule has 0 bridgehead atoms. The Bertz CT molecular complexity index is 733. The number of oxazole rings is 1. The molecule has 0 spiro atoms. The minimum absolute atomic E-state index is 0.397. The van der Waals surface area contributed by atoms with E-state index in [4.69, 9.17) is 10.2 Å². The Kier molecular flexibility index (Phi) is 2.15. The zero-order valence-electron chi connectivity index (χ0n) is 10.4. The smallest absolute Gasteiger partial charge is 0.199 e. The lowest BCUT2D eigenvalue weighted by Gasteiger charge is -1.96. The molecule has 0 aliphatic heterocycles. The molecule has 1 fully saturated rings. The Morgan fingerprint density at radius 3 is 2.63 bits per heavy atom. The number of nitrogen functional groups attached to an aromatic ring is 1. The molecule has 3 aromatic rings. The summed E-state index contributed by atoms with van der Waals surface area (Å²) in [6.07, 6.45) is 1.11. The van der Waals surface area contributed by atoms with E-state index in [9.17, 15) is 0 Å². The quantitative estimate of drug-likeness (QED) is 0.706. The predicted octanol–water partition coefficient (Wildman–Crippen LogP) is 3.68. The lowest BCUT2D eigenvalue weighted by atomic mass is 10.1. The third-order valence-electron chi connectivity index (χ3n) is 3.80. The summed E-state index contributed by atoms with van der Waals surface area (Å²) in [6.45, 7) is 0. The number of nitrogens with zero attached hydrogens (tertiary/aromatic N) is 1. The molecule has 3 heteroatoms. The number of aromatic nitrogens is 1. The fraction of sp³-hybridized carbons (Fsp3) is 0.188. The predicted molar refractivity (Wildman–Crippen MR) is 75.0 cm³/mol. The summed E-state index contributed by atoms with van der Waals surface area (Å²) in [5.41, 5.74) is 9.54. The normalized spacial score (nSPS) is 21.7. The summed E-state index contributed by atoms with van der Waals surface area (Å²) < 4.78 is 5.83. The molecule has 4 rings (SSSR count). The molecule has 1 heterocycles. The van der Waals surface area contributed by atoms with Gasteiger partial charge in [0, 0.05) is 5.92 Å². The molecule has 2 atom stereocenters. The van der Waals surface area contributed by atoms with Crippen molar-refractivity contribution in [3.63, 3.8) is 0 Å². The number of hydrogen-bond acceptors (Lipinski definition) is 3. The van der Waals surface area contributed by atoms with Gasteiger partial charge in [-0.15, -0.1) is 0 Å². The monoisotopic (exact) mass is 250 g/mol. The van der Waals surface area contributed by atoms with Gasteiger partial charge in [0.1, 0.15) is 5.52 Å². The van der Waals surface area contributed by atoms with Crippen molar-refractivity contribution in [3.8, 4) is 0 Å². The van der Waals surface area contributed by atoms with Crippen molar-refractivity contribution in [1.29, 1.82) is 0 Å². The van der Waals surface area contributed by atoms with Crippen molar-refractivity contribution in [2.45, 2.75) is 18.3 Å². The third-order valence-corrected chi connectivity index (χ3v) is 3.80. The zero-order valence-corrected chi connectivity index (χ0v) is 10.4. The molecule has 3 nitrogen and oxygen atoms in total. The molecule has 2 N–H and O–H groups in total. The number of anilines is 1. The van der Waals surface area contributed by atoms with Gasteiger partial charge in [0.05, 0.1) is 5.69 Å². The van der Waals surface area contributed by atoms with Crippen molar-refractivity contribution in [2.75, 3.05) is 5.73 Å². The maximum atomic E-state index is 5.91. The molecule has 2 aromatic carbocycles. The highest BCUT2D eigenvalue weighted by molar-refractivity contribution is 5.85. The van der Waals surface area contributed by atoms with E-state index in [1.165, 1.54) is 5.56 Å².